The molecule has 2 aromatic carbocycles. The summed E-state index contributed by atoms with van der Waals surface area (Å²) in [6.07, 6.45) is -1.05. The molecule has 0 radical (unpaired) electrons. The Morgan fingerprint density at radius 3 is 2.33 bits per heavy atom. The van der Waals surface area contributed by atoms with Crippen LogP contribution >= 0.6 is 0 Å². The number of hydrogen-bond donors (Lipinski definition) is 1. The largest absolute Gasteiger partial charge is 0.494 e. The lowest BCUT2D eigenvalue weighted by Gasteiger charge is -2.23. The number of alkyl halides is 2. The number of nitrogens with one attached hydrogen (secondary N) is 1. The van der Waals surface area contributed by atoms with Crippen LogP contribution in [-0.4, -0.2) is 34.1 Å². The van der Waals surface area contributed by atoms with Gasteiger partial charge in [-0.25, -0.2) is 9.78 Å². The van der Waals surface area contributed by atoms with Crippen molar-refractivity contribution in [2.24, 2.45) is 5.92 Å². The molecule has 0 saturated heterocycles. The molecule has 1 heterocycles. The number of carbonyl (C=O) groups excluding carboxylic acids is 2. The first-order valence-corrected chi connectivity index (χ1v) is 10.7. The topological polar surface area (TPSA) is 82.4 Å². The molecule has 1 aromatic heterocycles. The van der Waals surface area contributed by atoms with Crippen LogP contribution in [0.1, 0.15) is 56.5 Å². The van der Waals surface area contributed by atoms with Crippen LogP contribution in [0.4, 0.5) is 8.78 Å². The molecule has 0 saturated carbocycles. The second kappa shape index (κ2) is 10.4. The van der Waals surface area contributed by atoms with E-state index in [1.54, 1.807) is 56.3 Å². The number of benzene rings is 2. The number of amides is 1. The van der Waals surface area contributed by atoms with Crippen molar-refractivity contribution in [2.75, 3.05) is 6.61 Å². The molecule has 0 aliphatic carbocycles. The van der Waals surface area contributed by atoms with Crippen molar-refractivity contribution in [2.45, 2.75) is 46.4 Å². The summed E-state index contributed by atoms with van der Waals surface area (Å²) in [5.41, 5.74) is 0.971. The summed E-state index contributed by atoms with van der Waals surface area (Å²) in [6, 6.07) is 12.0. The normalized spacial score (nSPS) is 13.2. The van der Waals surface area contributed by atoms with Gasteiger partial charge in [0.1, 0.15) is 11.8 Å². The predicted molar refractivity (Wildman–Crippen MR) is 119 cm³/mol. The lowest BCUT2D eigenvalue weighted by molar-refractivity contribution is -0.152. The maximum absolute atomic E-state index is 13.7. The number of hydrogen-bond acceptors (Lipinski definition) is 5. The van der Waals surface area contributed by atoms with Gasteiger partial charge in [0.2, 0.25) is 0 Å². The SMILES string of the molecule is CCOc1ccc(C(=O)N[C@H](C(=O)OC(C)c2nc3ccccc3n2C(F)F)C(C)C)cc1. The summed E-state index contributed by atoms with van der Waals surface area (Å²) >= 11 is 0. The molecule has 3 aromatic rings. The number of carbonyl (C=O) groups is 2. The summed E-state index contributed by atoms with van der Waals surface area (Å²) in [7, 11) is 0. The molecule has 176 valence electrons. The Balaban J connectivity index is 1.76. The van der Waals surface area contributed by atoms with Crippen LogP contribution in [0.15, 0.2) is 48.5 Å². The number of aromatic nitrogens is 2. The zero-order valence-electron chi connectivity index (χ0n) is 18.9. The number of halogens is 2. The fourth-order valence-electron chi connectivity index (χ4n) is 3.45. The summed E-state index contributed by atoms with van der Waals surface area (Å²) in [6.45, 7) is 4.49. The fourth-order valence-corrected chi connectivity index (χ4v) is 3.45. The molecular formula is C24H27F2N3O4. The number of fused-ring (bicyclic) bond motifs is 1. The van der Waals surface area contributed by atoms with Crippen molar-refractivity contribution < 1.29 is 27.8 Å². The van der Waals surface area contributed by atoms with Gasteiger partial charge in [0.25, 0.3) is 5.91 Å². The number of esters is 1. The van der Waals surface area contributed by atoms with E-state index in [4.69, 9.17) is 9.47 Å². The molecule has 9 heteroatoms. The minimum atomic E-state index is -2.85. The van der Waals surface area contributed by atoms with E-state index in [-0.39, 0.29) is 17.3 Å². The molecule has 0 aliphatic rings. The molecule has 0 fully saturated rings. The monoisotopic (exact) mass is 459 g/mol. The van der Waals surface area contributed by atoms with E-state index >= 15 is 0 Å². The second-order valence-corrected chi connectivity index (χ2v) is 7.84. The highest BCUT2D eigenvalue weighted by atomic mass is 19.3. The number of para-hydroxylation sites is 2. The van der Waals surface area contributed by atoms with Gasteiger partial charge < -0.3 is 14.8 Å². The Morgan fingerprint density at radius 2 is 1.73 bits per heavy atom. The average molecular weight is 459 g/mol. The molecule has 0 spiro atoms. The van der Waals surface area contributed by atoms with Gasteiger partial charge in [0.15, 0.2) is 11.9 Å². The van der Waals surface area contributed by atoms with Crippen molar-refractivity contribution in [3.05, 3.63) is 59.9 Å². The van der Waals surface area contributed by atoms with Gasteiger partial charge in [0.05, 0.1) is 17.6 Å². The standard InChI is InChI=1S/C24H27F2N3O4/c1-5-32-17-12-10-16(11-13-17)22(30)28-20(14(2)3)23(31)33-15(4)21-27-18-8-6-7-9-19(18)29(21)24(25)26/h6-15,20,24H,5H2,1-4H3,(H,28,30)/t15?,20-/m0/s1. The van der Waals surface area contributed by atoms with Gasteiger partial charge >= 0.3 is 12.5 Å². The van der Waals surface area contributed by atoms with Crippen molar-refractivity contribution >= 4 is 22.9 Å². The van der Waals surface area contributed by atoms with Crippen LogP contribution in [0.25, 0.3) is 11.0 Å². The van der Waals surface area contributed by atoms with E-state index in [9.17, 15) is 18.4 Å². The quantitative estimate of drug-likeness (QED) is 0.461. The third-order valence-electron chi connectivity index (χ3n) is 5.11. The smallest absolute Gasteiger partial charge is 0.329 e. The summed E-state index contributed by atoms with van der Waals surface area (Å²) in [5.74, 6) is -0.930. The predicted octanol–water partition coefficient (Wildman–Crippen LogP) is 4.89. The maximum Gasteiger partial charge on any atom is 0.329 e. The molecule has 1 amide bonds. The summed E-state index contributed by atoms with van der Waals surface area (Å²) < 4.78 is 39.0. The molecule has 1 unspecified atom stereocenters. The number of imidazole rings is 1. The molecule has 33 heavy (non-hydrogen) atoms. The van der Waals surface area contributed by atoms with E-state index in [1.165, 1.54) is 13.0 Å². The fraction of sp³-hybridized carbons (Fsp3) is 0.375. The van der Waals surface area contributed by atoms with Crippen LogP contribution in [-0.2, 0) is 9.53 Å². The minimum absolute atomic E-state index is 0.0695. The lowest BCUT2D eigenvalue weighted by atomic mass is 10.0. The van der Waals surface area contributed by atoms with Gasteiger partial charge in [-0.2, -0.15) is 8.78 Å². The highest BCUT2D eigenvalue weighted by Gasteiger charge is 2.30. The molecule has 7 nitrogen and oxygen atoms in total. The maximum atomic E-state index is 13.7. The Morgan fingerprint density at radius 1 is 1.06 bits per heavy atom. The third-order valence-corrected chi connectivity index (χ3v) is 5.11. The van der Waals surface area contributed by atoms with Gasteiger partial charge in [-0.15, -0.1) is 0 Å². The highest BCUT2D eigenvalue weighted by Crippen LogP contribution is 2.28. The lowest BCUT2D eigenvalue weighted by Crippen LogP contribution is -2.45. The summed E-state index contributed by atoms with van der Waals surface area (Å²) in [4.78, 5) is 29.8. The number of ether oxygens (including phenoxy) is 2. The molecule has 0 bridgehead atoms. The zero-order chi connectivity index (χ0) is 24.1. The number of nitrogens with zero attached hydrogens (tertiary/aromatic N) is 2. The van der Waals surface area contributed by atoms with E-state index in [0.717, 1.165) is 4.57 Å². The van der Waals surface area contributed by atoms with Crippen LogP contribution < -0.4 is 10.1 Å². The molecule has 1 N–H and O–H groups in total. The van der Waals surface area contributed by atoms with Crippen molar-refractivity contribution in [1.82, 2.24) is 14.9 Å². The van der Waals surface area contributed by atoms with E-state index in [1.807, 2.05) is 6.92 Å². The van der Waals surface area contributed by atoms with Crippen molar-refractivity contribution in [3.63, 3.8) is 0 Å². The van der Waals surface area contributed by atoms with E-state index < -0.39 is 30.6 Å². The van der Waals surface area contributed by atoms with Crippen molar-refractivity contribution in [1.29, 1.82) is 0 Å². The Bertz CT molecular complexity index is 1110. The molecule has 3 rings (SSSR count). The van der Waals surface area contributed by atoms with Crippen LogP contribution in [0, 0.1) is 5.92 Å². The Labute approximate surface area is 190 Å². The molecule has 2 atom stereocenters. The average Bonchev–Trinajstić information content (AvgIpc) is 3.18. The first kappa shape index (κ1) is 24.2. The molecular weight excluding hydrogens is 432 g/mol. The first-order valence-electron chi connectivity index (χ1n) is 10.7. The Hall–Kier alpha value is -3.49. The zero-order valence-corrected chi connectivity index (χ0v) is 18.9. The third kappa shape index (κ3) is 5.47. The van der Waals surface area contributed by atoms with E-state index in [0.29, 0.717) is 23.4 Å². The first-order chi connectivity index (χ1) is 15.7. The van der Waals surface area contributed by atoms with Gasteiger partial charge in [-0.3, -0.25) is 9.36 Å². The Kier molecular flexibility index (Phi) is 7.63. The van der Waals surface area contributed by atoms with Gasteiger partial charge in [-0.1, -0.05) is 26.0 Å². The number of rotatable bonds is 9. The van der Waals surface area contributed by atoms with Crippen molar-refractivity contribution in [3.8, 4) is 5.75 Å². The minimum Gasteiger partial charge on any atom is -0.494 e. The molecule has 0 aliphatic heterocycles. The second-order valence-electron chi connectivity index (χ2n) is 7.84. The summed E-state index contributed by atoms with van der Waals surface area (Å²) in [5, 5.41) is 2.68. The van der Waals surface area contributed by atoms with Crippen LogP contribution in [0.5, 0.6) is 5.75 Å². The highest BCUT2D eigenvalue weighted by molar-refractivity contribution is 5.97. The van der Waals surface area contributed by atoms with E-state index in [2.05, 4.69) is 10.3 Å². The van der Waals surface area contributed by atoms with Gasteiger partial charge in [0, 0.05) is 5.56 Å². The van der Waals surface area contributed by atoms with Crippen LogP contribution in [0.3, 0.4) is 0 Å². The van der Waals surface area contributed by atoms with Gasteiger partial charge in [-0.05, 0) is 56.2 Å². The van der Waals surface area contributed by atoms with Crippen LogP contribution in [0.2, 0.25) is 0 Å².